The minimum Gasteiger partial charge on any atom is -0.396 e. The molecular formula is C10H15ClF3NO2. The molecule has 7 heteroatoms. The van der Waals surface area contributed by atoms with Crippen LogP contribution in [0.1, 0.15) is 13.3 Å². The number of likely N-dealkylation sites (tertiary alicyclic amines) is 1. The number of carbonyl (C=O) groups is 1. The molecule has 3 atom stereocenters. The molecule has 17 heavy (non-hydrogen) atoms. The van der Waals surface area contributed by atoms with Crippen molar-refractivity contribution >= 4 is 17.5 Å². The molecule has 1 aliphatic heterocycles. The van der Waals surface area contributed by atoms with E-state index in [0.717, 1.165) is 4.90 Å². The highest BCUT2D eigenvalue weighted by molar-refractivity contribution is 6.30. The van der Waals surface area contributed by atoms with Gasteiger partial charge in [0.15, 0.2) is 0 Å². The first-order chi connectivity index (χ1) is 7.81. The summed E-state index contributed by atoms with van der Waals surface area (Å²) in [6.07, 6.45) is -4.02. The van der Waals surface area contributed by atoms with Gasteiger partial charge in [-0.1, -0.05) is 6.92 Å². The normalized spacial score (nSPS) is 27.3. The summed E-state index contributed by atoms with van der Waals surface area (Å²) in [6, 6.07) is 0. The maximum atomic E-state index is 12.6. The molecule has 1 aliphatic rings. The van der Waals surface area contributed by atoms with Crippen LogP contribution < -0.4 is 0 Å². The van der Waals surface area contributed by atoms with Crippen LogP contribution in [0.15, 0.2) is 0 Å². The van der Waals surface area contributed by atoms with Crippen molar-refractivity contribution < 1.29 is 23.1 Å². The second-order valence-electron chi connectivity index (χ2n) is 4.21. The number of hydrogen-bond acceptors (Lipinski definition) is 2. The zero-order chi connectivity index (χ0) is 13.2. The Bertz CT molecular complexity index is 285. The van der Waals surface area contributed by atoms with E-state index in [2.05, 4.69) is 0 Å². The number of nitrogens with zero attached hydrogens (tertiary/aromatic N) is 1. The predicted molar refractivity (Wildman–Crippen MR) is 56.6 cm³/mol. The maximum absolute atomic E-state index is 12.6. The number of halogens is 4. The van der Waals surface area contributed by atoms with Gasteiger partial charge in [0.2, 0.25) is 5.91 Å². The van der Waals surface area contributed by atoms with Crippen molar-refractivity contribution in [2.45, 2.75) is 24.9 Å². The zero-order valence-corrected chi connectivity index (χ0v) is 10.1. The summed E-state index contributed by atoms with van der Waals surface area (Å²) in [4.78, 5) is 12.8. The van der Waals surface area contributed by atoms with Gasteiger partial charge in [0.25, 0.3) is 0 Å². The van der Waals surface area contributed by atoms with E-state index < -0.39 is 42.4 Å². The Morgan fingerprint density at radius 3 is 2.47 bits per heavy atom. The maximum Gasteiger partial charge on any atom is 0.393 e. The number of aliphatic hydroxyl groups is 1. The number of hydrogen-bond donors (Lipinski definition) is 1. The highest BCUT2D eigenvalue weighted by atomic mass is 35.5. The summed E-state index contributed by atoms with van der Waals surface area (Å²) in [7, 11) is 0. The molecule has 0 bridgehead atoms. The van der Waals surface area contributed by atoms with Crippen molar-refractivity contribution in [3.63, 3.8) is 0 Å². The van der Waals surface area contributed by atoms with Gasteiger partial charge < -0.3 is 10.0 Å². The van der Waals surface area contributed by atoms with Gasteiger partial charge in [-0.25, -0.2) is 0 Å². The molecule has 3 nitrogen and oxygen atoms in total. The van der Waals surface area contributed by atoms with Crippen molar-refractivity contribution in [2.75, 3.05) is 19.7 Å². The van der Waals surface area contributed by atoms with Crippen LogP contribution in [0.4, 0.5) is 13.2 Å². The largest absolute Gasteiger partial charge is 0.396 e. The van der Waals surface area contributed by atoms with Gasteiger partial charge in [-0.05, 0) is 6.42 Å². The number of rotatable bonds is 3. The summed E-state index contributed by atoms with van der Waals surface area (Å²) in [5.74, 6) is -3.09. The van der Waals surface area contributed by atoms with Crippen molar-refractivity contribution in [2.24, 2.45) is 11.8 Å². The third-order valence-corrected chi connectivity index (χ3v) is 3.53. The van der Waals surface area contributed by atoms with Crippen molar-refractivity contribution in [1.82, 2.24) is 4.90 Å². The third kappa shape index (κ3) is 3.25. The fraction of sp³-hybridized carbons (Fsp3) is 0.900. The first-order valence-electron chi connectivity index (χ1n) is 5.41. The van der Waals surface area contributed by atoms with Crippen LogP contribution in [0.5, 0.6) is 0 Å². The van der Waals surface area contributed by atoms with E-state index in [-0.39, 0.29) is 6.54 Å². The Hall–Kier alpha value is -0.490. The molecule has 1 amide bonds. The predicted octanol–water partition coefficient (Wildman–Crippen LogP) is 1.63. The van der Waals surface area contributed by atoms with E-state index in [1.807, 2.05) is 0 Å². The molecule has 1 rings (SSSR count). The van der Waals surface area contributed by atoms with Crippen LogP contribution in [0.2, 0.25) is 0 Å². The van der Waals surface area contributed by atoms with Gasteiger partial charge >= 0.3 is 6.18 Å². The van der Waals surface area contributed by atoms with Crippen molar-refractivity contribution in [3.8, 4) is 0 Å². The minimum absolute atomic E-state index is 0.0806. The first-order valence-corrected chi connectivity index (χ1v) is 5.85. The lowest BCUT2D eigenvalue weighted by atomic mass is 9.97. The average molecular weight is 274 g/mol. The highest BCUT2D eigenvalue weighted by Gasteiger charge is 2.50. The van der Waals surface area contributed by atoms with Gasteiger partial charge in [0.1, 0.15) is 5.38 Å². The Morgan fingerprint density at radius 1 is 1.53 bits per heavy atom. The molecule has 100 valence electrons. The van der Waals surface area contributed by atoms with Crippen LogP contribution in [0.25, 0.3) is 0 Å². The van der Waals surface area contributed by atoms with E-state index in [0.29, 0.717) is 6.42 Å². The quantitative estimate of drug-likeness (QED) is 0.794. The van der Waals surface area contributed by atoms with Crippen LogP contribution >= 0.6 is 11.6 Å². The topological polar surface area (TPSA) is 40.5 Å². The van der Waals surface area contributed by atoms with Gasteiger partial charge in [-0.2, -0.15) is 13.2 Å². The fourth-order valence-corrected chi connectivity index (χ4v) is 2.12. The van der Waals surface area contributed by atoms with Gasteiger partial charge in [-0.15, -0.1) is 11.6 Å². The molecule has 1 heterocycles. The van der Waals surface area contributed by atoms with Gasteiger partial charge in [-0.3, -0.25) is 4.79 Å². The Morgan fingerprint density at radius 2 is 2.12 bits per heavy atom. The molecule has 1 saturated heterocycles. The van der Waals surface area contributed by atoms with Crippen LogP contribution in [-0.4, -0.2) is 47.2 Å². The first kappa shape index (κ1) is 14.6. The lowest BCUT2D eigenvalue weighted by Gasteiger charge is -2.20. The monoisotopic (exact) mass is 273 g/mol. The number of aliphatic hydroxyl groups excluding tert-OH is 1. The standard InChI is InChI=1S/C10H15ClF3NO2/c1-2-8(11)9(17)15-3-6(5-16)7(4-15)10(12,13)14/h6-8,16H,2-5H2,1H3/t6-,7+,8+/m1/s1. The van der Waals surface area contributed by atoms with Crippen molar-refractivity contribution in [3.05, 3.63) is 0 Å². The van der Waals surface area contributed by atoms with Crippen LogP contribution in [0.3, 0.4) is 0 Å². The summed E-state index contributed by atoms with van der Waals surface area (Å²) in [5.41, 5.74) is 0. The lowest BCUT2D eigenvalue weighted by Crippen LogP contribution is -2.36. The lowest BCUT2D eigenvalue weighted by molar-refractivity contribution is -0.183. The summed E-state index contributed by atoms with van der Waals surface area (Å²) in [5, 5.41) is 8.13. The second kappa shape index (κ2) is 5.44. The Kier molecular flexibility index (Phi) is 4.66. The third-order valence-electron chi connectivity index (χ3n) is 3.03. The molecule has 0 unspecified atom stereocenters. The summed E-state index contributed by atoms with van der Waals surface area (Å²) < 4.78 is 37.9. The van der Waals surface area contributed by atoms with Gasteiger partial charge in [0, 0.05) is 25.6 Å². The SMILES string of the molecule is CC[C@H](Cl)C(=O)N1C[C@H](CO)[C@@H](C(F)(F)F)C1. The fourth-order valence-electron chi connectivity index (χ4n) is 1.98. The number of carbonyl (C=O) groups excluding carboxylic acids is 1. The van der Waals surface area contributed by atoms with E-state index in [1.165, 1.54) is 0 Å². The molecule has 0 aromatic carbocycles. The molecule has 0 aromatic rings. The number of amides is 1. The molecular weight excluding hydrogens is 259 g/mol. The summed E-state index contributed by atoms with van der Waals surface area (Å²) in [6.45, 7) is 0.628. The van der Waals surface area contributed by atoms with Gasteiger partial charge in [0.05, 0.1) is 5.92 Å². The van der Waals surface area contributed by atoms with Crippen LogP contribution in [0, 0.1) is 11.8 Å². The second-order valence-corrected chi connectivity index (χ2v) is 4.74. The molecule has 0 saturated carbocycles. The average Bonchev–Trinajstić information content (AvgIpc) is 2.70. The van der Waals surface area contributed by atoms with E-state index in [1.54, 1.807) is 6.92 Å². The summed E-state index contributed by atoms with van der Waals surface area (Å²) >= 11 is 5.71. The molecule has 0 spiro atoms. The molecule has 1 N–H and O–H groups in total. The number of alkyl halides is 4. The Labute approximate surface area is 103 Å². The zero-order valence-electron chi connectivity index (χ0n) is 9.38. The highest BCUT2D eigenvalue weighted by Crippen LogP contribution is 2.37. The van der Waals surface area contributed by atoms with Crippen molar-refractivity contribution in [1.29, 1.82) is 0 Å². The Balaban J connectivity index is 2.73. The molecule has 0 aliphatic carbocycles. The van der Waals surface area contributed by atoms with E-state index in [4.69, 9.17) is 16.7 Å². The molecule has 0 radical (unpaired) electrons. The van der Waals surface area contributed by atoms with E-state index >= 15 is 0 Å². The van der Waals surface area contributed by atoms with E-state index in [9.17, 15) is 18.0 Å². The smallest absolute Gasteiger partial charge is 0.393 e. The molecule has 1 fully saturated rings. The molecule has 0 aromatic heterocycles. The van der Waals surface area contributed by atoms with Crippen LogP contribution in [-0.2, 0) is 4.79 Å². The minimum atomic E-state index is -4.39.